The second kappa shape index (κ2) is 7.60. The number of nitrogens with one attached hydrogen (secondary N) is 2. The summed E-state index contributed by atoms with van der Waals surface area (Å²) in [6.07, 6.45) is 4.46. The number of anilines is 2. The van der Waals surface area contributed by atoms with E-state index in [-0.39, 0.29) is 16.9 Å². The average molecular weight is 407 g/mol. The Kier molecular flexibility index (Phi) is 5.24. The highest BCUT2D eigenvalue weighted by molar-refractivity contribution is 6.35. The van der Waals surface area contributed by atoms with Crippen molar-refractivity contribution in [1.82, 2.24) is 20.1 Å². The number of hydrogen-bond donors (Lipinski definition) is 2. The van der Waals surface area contributed by atoms with Gasteiger partial charge >= 0.3 is 0 Å². The zero-order valence-corrected chi connectivity index (χ0v) is 15.3. The lowest BCUT2D eigenvalue weighted by molar-refractivity contribution is -0.383. The molecule has 0 aliphatic carbocycles. The lowest BCUT2D eigenvalue weighted by Gasteiger charge is -2.07. The van der Waals surface area contributed by atoms with Crippen LogP contribution in [0.4, 0.5) is 17.1 Å². The fourth-order valence-electron chi connectivity index (χ4n) is 2.31. The molecule has 0 aliphatic heterocycles. The maximum atomic E-state index is 11.7. The van der Waals surface area contributed by atoms with E-state index in [0.717, 1.165) is 0 Å². The Hall–Kier alpha value is -3.17. The number of nitrogens with zero attached hydrogens (tertiary/aromatic N) is 4. The van der Waals surface area contributed by atoms with Gasteiger partial charge in [0.2, 0.25) is 0 Å². The number of benzene rings is 1. The van der Waals surface area contributed by atoms with Crippen molar-refractivity contribution >= 4 is 46.2 Å². The summed E-state index contributed by atoms with van der Waals surface area (Å²) in [5, 5.41) is 21.5. The molecule has 0 atom stereocenters. The molecule has 0 fully saturated rings. The SMILES string of the molecule is CNC(=O)c1ccc(Nc2cnn(-c3ncc(Cl)cc3Cl)c2)c([N+](=O)[O-])c1. The molecule has 3 aromatic rings. The van der Waals surface area contributed by atoms with Gasteiger partial charge in [0.25, 0.3) is 11.6 Å². The lowest BCUT2D eigenvalue weighted by Crippen LogP contribution is -2.17. The Bertz CT molecular complexity index is 1040. The minimum absolute atomic E-state index is 0.183. The number of halogens is 2. The van der Waals surface area contributed by atoms with E-state index in [1.54, 1.807) is 6.20 Å². The van der Waals surface area contributed by atoms with Crippen molar-refractivity contribution in [3.63, 3.8) is 0 Å². The quantitative estimate of drug-likeness (QED) is 0.494. The number of nitro groups is 1. The number of nitro benzene ring substituents is 1. The average Bonchev–Trinajstić information content (AvgIpc) is 3.09. The van der Waals surface area contributed by atoms with E-state index in [0.29, 0.717) is 21.6 Å². The highest BCUT2D eigenvalue weighted by atomic mass is 35.5. The van der Waals surface area contributed by atoms with Crippen molar-refractivity contribution in [2.45, 2.75) is 0 Å². The van der Waals surface area contributed by atoms with Crippen LogP contribution in [0.25, 0.3) is 5.82 Å². The third-order valence-corrected chi connectivity index (χ3v) is 4.04. The monoisotopic (exact) mass is 406 g/mol. The van der Waals surface area contributed by atoms with Gasteiger partial charge in [-0.25, -0.2) is 9.67 Å². The molecule has 1 aromatic carbocycles. The van der Waals surface area contributed by atoms with Crippen LogP contribution in [0.5, 0.6) is 0 Å². The summed E-state index contributed by atoms with van der Waals surface area (Å²) >= 11 is 11.9. The Balaban J connectivity index is 1.91. The largest absolute Gasteiger partial charge is 0.355 e. The van der Waals surface area contributed by atoms with Gasteiger partial charge in [0.1, 0.15) is 5.69 Å². The highest BCUT2D eigenvalue weighted by Crippen LogP contribution is 2.29. The Morgan fingerprint density at radius 3 is 2.70 bits per heavy atom. The van der Waals surface area contributed by atoms with Crippen molar-refractivity contribution in [2.75, 3.05) is 12.4 Å². The molecule has 2 aromatic heterocycles. The Labute approximate surface area is 163 Å². The summed E-state index contributed by atoms with van der Waals surface area (Å²) in [6.45, 7) is 0. The predicted molar refractivity (Wildman–Crippen MR) is 101 cm³/mol. The summed E-state index contributed by atoms with van der Waals surface area (Å²) in [5.41, 5.74) is 0.620. The second-order valence-electron chi connectivity index (χ2n) is 5.33. The van der Waals surface area contributed by atoms with Crippen LogP contribution in [0.15, 0.2) is 42.9 Å². The molecule has 0 saturated heterocycles. The standard InChI is InChI=1S/C16H12Cl2N6O3/c1-19-16(25)9-2-3-13(14(4-9)24(26)27)22-11-7-21-23(8-11)15-12(18)5-10(17)6-20-15/h2-8,22H,1H3,(H,19,25). The Morgan fingerprint density at radius 2 is 2.04 bits per heavy atom. The summed E-state index contributed by atoms with van der Waals surface area (Å²) in [6, 6.07) is 5.66. The van der Waals surface area contributed by atoms with Crippen LogP contribution in [0.2, 0.25) is 10.0 Å². The Morgan fingerprint density at radius 1 is 1.26 bits per heavy atom. The molecule has 138 valence electrons. The van der Waals surface area contributed by atoms with E-state index in [1.807, 2.05) is 0 Å². The van der Waals surface area contributed by atoms with Gasteiger partial charge in [-0.1, -0.05) is 23.2 Å². The van der Waals surface area contributed by atoms with E-state index in [4.69, 9.17) is 23.2 Å². The molecule has 0 aliphatic rings. The molecule has 0 unspecified atom stereocenters. The van der Waals surface area contributed by atoms with Crippen molar-refractivity contribution in [1.29, 1.82) is 0 Å². The number of aromatic nitrogens is 3. The first-order valence-corrected chi connectivity index (χ1v) is 8.28. The second-order valence-corrected chi connectivity index (χ2v) is 6.17. The van der Waals surface area contributed by atoms with E-state index < -0.39 is 10.8 Å². The fraction of sp³-hybridized carbons (Fsp3) is 0.0625. The molecule has 9 nitrogen and oxygen atoms in total. The van der Waals surface area contributed by atoms with Crippen molar-refractivity contribution in [2.24, 2.45) is 0 Å². The topological polar surface area (TPSA) is 115 Å². The number of pyridine rings is 1. The van der Waals surface area contributed by atoms with Crippen LogP contribution >= 0.6 is 23.2 Å². The van der Waals surface area contributed by atoms with Gasteiger partial charge in [-0.15, -0.1) is 0 Å². The maximum absolute atomic E-state index is 11.7. The normalized spacial score (nSPS) is 10.5. The molecule has 3 rings (SSSR count). The molecule has 2 N–H and O–H groups in total. The summed E-state index contributed by atoms with van der Waals surface area (Å²) in [7, 11) is 1.45. The van der Waals surface area contributed by atoms with E-state index in [2.05, 4.69) is 20.7 Å². The van der Waals surface area contributed by atoms with Gasteiger partial charge < -0.3 is 10.6 Å². The van der Waals surface area contributed by atoms with Crippen molar-refractivity contribution in [3.8, 4) is 5.82 Å². The van der Waals surface area contributed by atoms with Crippen LogP contribution in [0.1, 0.15) is 10.4 Å². The van der Waals surface area contributed by atoms with E-state index in [9.17, 15) is 14.9 Å². The minimum Gasteiger partial charge on any atom is -0.355 e. The third-order valence-electron chi connectivity index (χ3n) is 3.55. The first-order valence-electron chi connectivity index (χ1n) is 7.52. The van der Waals surface area contributed by atoms with Crippen LogP contribution in [0.3, 0.4) is 0 Å². The summed E-state index contributed by atoms with van der Waals surface area (Å²) < 4.78 is 1.41. The minimum atomic E-state index is -0.573. The highest BCUT2D eigenvalue weighted by Gasteiger charge is 2.18. The number of amides is 1. The van der Waals surface area contributed by atoms with Crippen molar-refractivity contribution < 1.29 is 9.72 Å². The molecular weight excluding hydrogens is 395 g/mol. The molecule has 2 heterocycles. The molecule has 0 radical (unpaired) electrons. The summed E-state index contributed by atoms with van der Waals surface area (Å²) in [5.74, 6) is -0.0560. The van der Waals surface area contributed by atoms with Gasteiger partial charge in [-0.05, 0) is 18.2 Å². The fourth-order valence-corrected chi connectivity index (χ4v) is 2.78. The molecule has 27 heavy (non-hydrogen) atoms. The number of hydrogen-bond acceptors (Lipinski definition) is 6. The number of carbonyl (C=O) groups excluding carboxylic acids is 1. The zero-order chi connectivity index (χ0) is 19.6. The van der Waals surface area contributed by atoms with Gasteiger partial charge in [0.15, 0.2) is 5.82 Å². The van der Waals surface area contributed by atoms with Crippen LogP contribution in [0, 0.1) is 10.1 Å². The summed E-state index contributed by atoms with van der Waals surface area (Å²) in [4.78, 5) is 26.6. The predicted octanol–water partition coefficient (Wildman–Crippen LogP) is 3.59. The van der Waals surface area contributed by atoms with Gasteiger partial charge in [-0.3, -0.25) is 14.9 Å². The number of rotatable bonds is 5. The third kappa shape index (κ3) is 3.99. The first-order chi connectivity index (χ1) is 12.9. The molecule has 0 saturated carbocycles. The molecule has 0 spiro atoms. The zero-order valence-electron chi connectivity index (χ0n) is 13.8. The maximum Gasteiger partial charge on any atom is 0.293 e. The number of carbonyl (C=O) groups is 1. The van der Waals surface area contributed by atoms with Gasteiger partial charge in [-0.2, -0.15) is 5.10 Å². The smallest absolute Gasteiger partial charge is 0.293 e. The molecule has 11 heteroatoms. The van der Waals surface area contributed by atoms with Crippen LogP contribution in [-0.2, 0) is 0 Å². The molecule has 0 bridgehead atoms. The molecule has 1 amide bonds. The van der Waals surface area contributed by atoms with Gasteiger partial charge in [0.05, 0.1) is 33.0 Å². The van der Waals surface area contributed by atoms with Crippen molar-refractivity contribution in [3.05, 3.63) is 68.6 Å². The van der Waals surface area contributed by atoms with E-state index >= 15 is 0 Å². The lowest BCUT2D eigenvalue weighted by atomic mass is 10.1. The molecular formula is C16H12Cl2N6O3. The van der Waals surface area contributed by atoms with Crippen LogP contribution < -0.4 is 10.6 Å². The van der Waals surface area contributed by atoms with Gasteiger partial charge in [0, 0.05) is 24.9 Å². The first kappa shape index (κ1) is 18.6. The van der Waals surface area contributed by atoms with E-state index in [1.165, 1.54) is 48.4 Å². The van der Waals surface area contributed by atoms with Crippen LogP contribution in [-0.4, -0.2) is 32.6 Å².